The zero-order valence-electron chi connectivity index (χ0n) is 8.95. The maximum Gasteiger partial charge on any atom is 0.226 e. The normalized spacial score (nSPS) is 9.47. The van der Waals surface area contributed by atoms with E-state index in [4.69, 9.17) is 9.47 Å². The average molecular weight is 206 g/mol. The van der Waals surface area contributed by atoms with Crippen LogP contribution in [0, 0.1) is 0 Å². The molecule has 1 aromatic carbocycles. The first-order chi connectivity index (χ1) is 7.19. The Balaban J connectivity index is 2.78. The molecule has 0 radical (unpaired) electrons. The van der Waals surface area contributed by atoms with Crippen LogP contribution in [-0.2, 0) is 4.74 Å². The van der Waals surface area contributed by atoms with Crippen LogP contribution in [0.15, 0.2) is 36.6 Å². The minimum atomic E-state index is -0.195. The molecule has 1 aromatic rings. The number of ether oxygens (including phenoxy) is 2. The van der Waals surface area contributed by atoms with Crippen molar-refractivity contribution in [3.05, 3.63) is 42.2 Å². The van der Waals surface area contributed by atoms with E-state index in [9.17, 15) is 4.79 Å². The second-order valence-electron chi connectivity index (χ2n) is 2.91. The van der Waals surface area contributed by atoms with Crippen LogP contribution in [0.4, 0.5) is 0 Å². The van der Waals surface area contributed by atoms with E-state index in [1.165, 1.54) is 0 Å². The minimum Gasteiger partial charge on any atom is -0.497 e. The fraction of sp³-hybridized carbons (Fsp3) is 0.250. The quantitative estimate of drug-likeness (QED) is 0.421. The molecule has 0 atom stereocenters. The molecule has 15 heavy (non-hydrogen) atoms. The van der Waals surface area contributed by atoms with E-state index in [2.05, 4.69) is 6.58 Å². The van der Waals surface area contributed by atoms with Gasteiger partial charge in [-0.25, -0.2) is 0 Å². The van der Waals surface area contributed by atoms with Crippen LogP contribution in [0.1, 0.15) is 17.3 Å². The summed E-state index contributed by atoms with van der Waals surface area (Å²) in [5.41, 5.74) is 0.550. The zero-order chi connectivity index (χ0) is 11.3. The van der Waals surface area contributed by atoms with E-state index in [-0.39, 0.29) is 11.5 Å². The molecule has 0 saturated carbocycles. The SMILES string of the molecule is C=C(OCC)C(=O)c1ccc(OC)cc1. The van der Waals surface area contributed by atoms with Gasteiger partial charge in [-0.3, -0.25) is 4.79 Å². The largest absolute Gasteiger partial charge is 0.497 e. The lowest BCUT2D eigenvalue weighted by molar-refractivity contribution is 0.0929. The highest BCUT2D eigenvalue weighted by molar-refractivity contribution is 6.06. The Hall–Kier alpha value is -1.77. The van der Waals surface area contributed by atoms with Gasteiger partial charge in [0.1, 0.15) is 5.75 Å². The monoisotopic (exact) mass is 206 g/mol. The van der Waals surface area contributed by atoms with Gasteiger partial charge in [0.15, 0.2) is 5.76 Å². The summed E-state index contributed by atoms with van der Waals surface area (Å²) in [7, 11) is 1.58. The Morgan fingerprint density at radius 1 is 1.33 bits per heavy atom. The zero-order valence-corrected chi connectivity index (χ0v) is 8.95. The Morgan fingerprint density at radius 2 is 1.93 bits per heavy atom. The first kappa shape index (κ1) is 11.3. The number of carbonyl (C=O) groups excluding carboxylic acids is 1. The lowest BCUT2D eigenvalue weighted by atomic mass is 10.1. The molecule has 0 saturated heterocycles. The summed E-state index contributed by atoms with van der Waals surface area (Å²) in [4.78, 5) is 11.7. The first-order valence-electron chi connectivity index (χ1n) is 4.69. The number of carbonyl (C=O) groups is 1. The van der Waals surface area contributed by atoms with Crippen molar-refractivity contribution in [2.75, 3.05) is 13.7 Å². The van der Waals surface area contributed by atoms with Gasteiger partial charge < -0.3 is 9.47 Å². The Labute approximate surface area is 89.3 Å². The van der Waals surface area contributed by atoms with Gasteiger partial charge in [-0.2, -0.15) is 0 Å². The van der Waals surface area contributed by atoms with E-state index in [1.54, 1.807) is 31.4 Å². The third-order valence-corrected chi connectivity index (χ3v) is 1.92. The molecular formula is C12H14O3. The van der Waals surface area contributed by atoms with Crippen molar-refractivity contribution in [3.8, 4) is 5.75 Å². The molecule has 0 unspecified atom stereocenters. The van der Waals surface area contributed by atoms with Crippen molar-refractivity contribution >= 4 is 5.78 Å². The fourth-order valence-electron chi connectivity index (χ4n) is 1.14. The van der Waals surface area contributed by atoms with Crippen LogP contribution in [0.3, 0.4) is 0 Å². The summed E-state index contributed by atoms with van der Waals surface area (Å²) in [6.07, 6.45) is 0. The van der Waals surface area contributed by atoms with Gasteiger partial charge in [0.25, 0.3) is 0 Å². The predicted octanol–water partition coefficient (Wildman–Crippen LogP) is 2.43. The number of methoxy groups -OCH3 is 1. The molecule has 3 nitrogen and oxygen atoms in total. The van der Waals surface area contributed by atoms with Crippen LogP contribution >= 0.6 is 0 Å². The average Bonchev–Trinajstić information content (AvgIpc) is 2.28. The van der Waals surface area contributed by atoms with E-state index in [0.29, 0.717) is 17.9 Å². The van der Waals surface area contributed by atoms with Crippen molar-refractivity contribution in [1.82, 2.24) is 0 Å². The number of rotatable bonds is 5. The smallest absolute Gasteiger partial charge is 0.226 e. The molecule has 0 spiro atoms. The van der Waals surface area contributed by atoms with Crippen LogP contribution in [0.5, 0.6) is 5.75 Å². The highest BCUT2D eigenvalue weighted by Gasteiger charge is 2.10. The molecule has 0 fully saturated rings. The van der Waals surface area contributed by atoms with Gasteiger partial charge in [-0.05, 0) is 31.2 Å². The second-order valence-corrected chi connectivity index (χ2v) is 2.91. The third-order valence-electron chi connectivity index (χ3n) is 1.92. The Morgan fingerprint density at radius 3 is 2.40 bits per heavy atom. The van der Waals surface area contributed by atoms with E-state index in [1.807, 2.05) is 6.92 Å². The molecule has 0 bridgehead atoms. The number of hydrogen-bond acceptors (Lipinski definition) is 3. The fourth-order valence-corrected chi connectivity index (χ4v) is 1.14. The van der Waals surface area contributed by atoms with Crippen LogP contribution < -0.4 is 4.74 Å². The van der Waals surface area contributed by atoms with Gasteiger partial charge in [0.05, 0.1) is 13.7 Å². The van der Waals surface area contributed by atoms with E-state index in [0.717, 1.165) is 0 Å². The maximum atomic E-state index is 11.7. The summed E-state index contributed by atoms with van der Waals surface area (Å²) >= 11 is 0. The molecule has 0 heterocycles. The number of benzene rings is 1. The highest BCUT2D eigenvalue weighted by atomic mass is 16.5. The standard InChI is InChI=1S/C12H14O3/c1-4-15-9(2)12(13)10-5-7-11(14-3)8-6-10/h5-8H,2,4H2,1,3H3. The molecule has 1 rings (SSSR count). The summed E-state index contributed by atoms with van der Waals surface area (Å²) in [5.74, 6) is 0.691. The molecule has 0 aromatic heterocycles. The number of hydrogen-bond donors (Lipinski definition) is 0. The Kier molecular flexibility index (Phi) is 3.92. The van der Waals surface area contributed by atoms with E-state index < -0.39 is 0 Å². The van der Waals surface area contributed by atoms with Crippen LogP contribution in [-0.4, -0.2) is 19.5 Å². The van der Waals surface area contributed by atoms with Gasteiger partial charge >= 0.3 is 0 Å². The van der Waals surface area contributed by atoms with Gasteiger partial charge in [-0.15, -0.1) is 0 Å². The number of ketones is 1. The molecule has 0 aliphatic carbocycles. The third kappa shape index (κ3) is 2.84. The summed E-state index contributed by atoms with van der Waals surface area (Å²) in [6, 6.07) is 6.83. The van der Waals surface area contributed by atoms with Gasteiger partial charge in [0, 0.05) is 5.56 Å². The van der Waals surface area contributed by atoms with Crippen molar-refractivity contribution < 1.29 is 14.3 Å². The van der Waals surface area contributed by atoms with Crippen LogP contribution in [0.2, 0.25) is 0 Å². The first-order valence-corrected chi connectivity index (χ1v) is 4.69. The van der Waals surface area contributed by atoms with E-state index >= 15 is 0 Å². The molecule has 80 valence electrons. The summed E-state index contributed by atoms with van der Waals surface area (Å²) in [6.45, 7) is 5.82. The number of Topliss-reactive ketones (excluding diaryl/α,β-unsaturated/α-hetero) is 1. The molecule has 3 heteroatoms. The topological polar surface area (TPSA) is 35.5 Å². The molecule has 0 aliphatic rings. The number of allylic oxidation sites excluding steroid dienone is 1. The van der Waals surface area contributed by atoms with Gasteiger partial charge in [0.2, 0.25) is 5.78 Å². The Bertz CT molecular complexity index is 352. The van der Waals surface area contributed by atoms with Crippen molar-refractivity contribution in [3.63, 3.8) is 0 Å². The summed E-state index contributed by atoms with van der Waals surface area (Å²) < 4.78 is 10.0. The molecule has 0 amide bonds. The van der Waals surface area contributed by atoms with Gasteiger partial charge in [-0.1, -0.05) is 6.58 Å². The van der Waals surface area contributed by atoms with Crippen LogP contribution in [0.25, 0.3) is 0 Å². The highest BCUT2D eigenvalue weighted by Crippen LogP contribution is 2.14. The van der Waals surface area contributed by atoms with Crippen molar-refractivity contribution in [2.24, 2.45) is 0 Å². The van der Waals surface area contributed by atoms with Crippen molar-refractivity contribution in [2.45, 2.75) is 6.92 Å². The predicted molar refractivity (Wildman–Crippen MR) is 58.1 cm³/mol. The molecule has 0 N–H and O–H groups in total. The minimum absolute atomic E-state index is 0.169. The lowest BCUT2D eigenvalue weighted by Crippen LogP contribution is -2.05. The molecular weight excluding hydrogens is 192 g/mol. The summed E-state index contributed by atoms with van der Waals surface area (Å²) in [5, 5.41) is 0. The second kappa shape index (κ2) is 5.20. The molecule has 0 aliphatic heterocycles. The maximum absolute atomic E-state index is 11.7. The lowest BCUT2D eigenvalue weighted by Gasteiger charge is -2.06. The van der Waals surface area contributed by atoms with Crippen molar-refractivity contribution in [1.29, 1.82) is 0 Å².